The average molecular weight is 384 g/mol. The number of aryl methyl sites for hydroxylation is 1. The smallest absolute Gasteiger partial charge is 0.0686 e. The molecule has 0 unspecified atom stereocenters. The van der Waals surface area contributed by atoms with E-state index in [2.05, 4.69) is 11.4 Å². The fourth-order valence-corrected chi connectivity index (χ4v) is 4.79. The van der Waals surface area contributed by atoms with E-state index < -0.39 is 11.0 Å². The monoisotopic (exact) mass is 383 g/mol. The Morgan fingerprint density at radius 2 is 1.88 bits per heavy atom. The number of halogens is 1. The van der Waals surface area contributed by atoms with Crippen LogP contribution in [0.4, 0.5) is 11.4 Å². The summed E-state index contributed by atoms with van der Waals surface area (Å²) in [4.78, 5) is 0. The number of nitrogens with one attached hydrogen (secondary N) is 1. The van der Waals surface area contributed by atoms with Crippen molar-refractivity contribution in [3.8, 4) is 0 Å². The largest absolute Gasteiger partial charge is 0.320 e. The summed E-state index contributed by atoms with van der Waals surface area (Å²) in [5, 5.41) is 3.11. The molecule has 2 aromatic carbocycles. The van der Waals surface area contributed by atoms with Crippen molar-refractivity contribution in [1.82, 2.24) is 9.62 Å². The van der Waals surface area contributed by atoms with Crippen LogP contribution in [0, 0.1) is 6.92 Å². The van der Waals surface area contributed by atoms with Gasteiger partial charge in [-0.3, -0.25) is 9.11 Å². The lowest BCUT2D eigenvalue weighted by Crippen LogP contribution is -2.42. The van der Waals surface area contributed by atoms with Crippen LogP contribution < -0.4 is 9.62 Å². The lowest BCUT2D eigenvalue weighted by molar-refractivity contribution is 0.331. The van der Waals surface area contributed by atoms with Crippen LogP contribution in [0.3, 0.4) is 0 Å². The maximum Gasteiger partial charge on any atom is 0.0686 e. The third-order valence-electron chi connectivity index (χ3n) is 4.22. The van der Waals surface area contributed by atoms with Gasteiger partial charge in [0.25, 0.3) is 0 Å². The van der Waals surface area contributed by atoms with Gasteiger partial charge in [-0.2, -0.15) is 4.31 Å². The third-order valence-corrected chi connectivity index (χ3v) is 6.12. The van der Waals surface area contributed by atoms with Gasteiger partial charge in [0, 0.05) is 13.1 Å². The molecular weight excluding hydrogens is 358 g/mol. The Labute approximate surface area is 157 Å². The van der Waals surface area contributed by atoms with Crippen LogP contribution in [0.25, 0.3) is 0 Å². The van der Waals surface area contributed by atoms with E-state index in [9.17, 15) is 9.11 Å². The quantitative estimate of drug-likeness (QED) is 0.660. The van der Waals surface area contributed by atoms with Crippen molar-refractivity contribution in [2.24, 2.45) is 0 Å². The molecular formula is C18H26ClN3O2S. The molecule has 0 saturated carbocycles. The molecule has 0 atom stereocenters. The Kier molecular flexibility index (Phi) is 6.73. The zero-order valence-electron chi connectivity index (χ0n) is 14.6. The number of nitrogens with zero attached hydrogens (tertiary/aromatic N) is 2. The van der Waals surface area contributed by atoms with Gasteiger partial charge >= 0.3 is 0 Å². The first-order valence-corrected chi connectivity index (χ1v) is 9.63. The second-order valence-electron chi connectivity index (χ2n) is 6.07. The molecule has 0 fully saturated rings. The second-order valence-corrected chi connectivity index (χ2v) is 7.93. The van der Waals surface area contributed by atoms with E-state index in [1.165, 1.54) is 0 Å². The first-order valence-electron chi connectivity index (χ1n) is 8.17. The van der Waals surface area contributed by atoms with E-state index in [0.717, 1.165) is 35.5 Å². The summed E-state index contributed by atoms with van der Waals surface area (Å²) in [6.45, 7) is 4.03. The Bertz CT molecular complexity index is 714. The maximum absolute atomic E-state index is 11.1. The molecule has 0 aromatic heterocycles. The van der Waals surface area contributed by atoms with Crippen LogP contribution in [-0.2, 0) is 6.54 Å². The number of rotatable bonds is 5. The SMILES string of the molecule is CNCCCN1Cc2ccccc2N(c2cccc(C)c2)S1(O)O.Cl. The average Bonchev–Trinajstić information content (AvgIpc) is 2.55. The van der Waals surface area contributed by atoms with Gasteiger partial charge in [0.1, 0.15) is 0 Å². The number of para-hydroxylation sites is 1. The van der Waals surface area contributed by atoms with Gasteiger partial charge in [-0.25, -0.2) is 4.31 Å². The minimum atomic E-state index is -3.09. The Morgan fingerprint density at radius 1 is 1.12 bits per heavy atom. The lowest BCUT2D eigenvalue weighted by Gasteiger charge is -2.54. The van der Waals surface area contributed by atoms with Gasteiger partial charge < -0.3 is 5.32 Å². The van der Waals surface area contributed by atoms with E-state index in [-0.39, 0.29) is 12.4 Å². The maximum atomic E-state index is 11.1. The van der Waals surface area contributed by atoms with Crippen LogP contribution in [0.2, 0.25) is 0 Å². The van der Waals surface area contributed by atoms with Crippen LogP contribution in [-0.4, -0.2) is 33.5 Å². The Hall–Kier alpha value is -1.28. The molecule has 138 valence electrons. The van der Waals surface area contributed by atoms with Gasteiger partial charge in [0.2, 0.25) is 0 Å². The zero-order valence-corrected chi connectivity index (χ0v) is 16.2. The van der Waals surface area contributed by atoms with Crippen molar-refractivity contribution in [2.45, 2.75) is 19.9 Å². The topological polar surface area (TPSA) is 59.0 Å². The molecule has 0 spiro atoms. The normalized spacial score (nSPS) is 17.5. The summed E-state index contributed by atoms with van der Waals surface area (Å²) in [5.41, 5.74) is 3.87. The van der Waals surface area contributed by atoms with Gasteiger partial charge in [0.15, 0.2) is 0 Å². The van der Waals surface area contributed by atoms with Crippen molar-refractivity contribution in [3.63, 3.8) is 0 Å². The molecule has 1 aliphatic rings. The lowest BCUT2D eigenvalue weighted by atomic mass is 10.1. The molecule has 1 aliphatic heterocycles. The summed E-state index contributed by atoms with van der Waals surface area (Å²) in [5.74, 6) is 0. The highest BCUT2D eigenvalue weighted by molar-refractivity contribution is 8.23. The second kappa shape index (κ2) is 8.40. The van der Waals surface area contributed by atoms with Crippen LogP contribution in [0.1, 0.15) is 17.5 Å². The van der Waals surface area contributed by atoms with Crippen molar-refractivity contribution >= 4 is 34.7 Å². The van der Waals surface area contributed by atoms with Crippen molar-refractivity contribution in [1.29, 1.82) is 0 Å². The molecule has 0 bridgehead atoms. The zero-order chi connectivity index (χ0) is 17.2. The number of benzene rings is 2. The Morgan fingerprint density at radius 3 is 2.60 bits per heavy atom. The molecule has 0 saturated heterocycles. The molecule has 3 N–H and O–H groups in total. The van der Waals surface area contributed by atoms with E-state index in [4.69, 9.17) is 0 Å². The molecule has 5 nitrogen and oxygen atoms in total. The van der Waals surface area contributed by atoms with E-state index >= 15 is 0 Å². The van der Waals surface area contributed by atoms with Gasteiger partial charge in [-0.1, -0.05) is 30.3 Å². The Balaban J connectivity index is 0.00000225. The highest BCUT2D eigenvalue weighted by atomic mass is 35.5. The molecule has 0 radical (unpaired) electrons. The molecule has 2 aromatic rings. The van der Waals surface area contributed by atoms with E-state index in [0.29, 0.717) is 13.1 Å². The molecule has 7 heteroatoms. The first-order chi connectivity index (χ1) is 11.5. The minimum Gasteiger partial charge on any atom is -0.320 e. The summed E-state index contributed by atoms with van der Waals surface area (Å²) >= 11 is 0. The van der Waals surface area contributed by atoms with Crippen molar-refractivity contribution in [3.05, 3.63) is 59.7 Å². The third kappa shape index (κ3) is 4.11. The molecule has 0 amide bonds. The molecule has 0 aliphatic carbocycles. The van der Waals surface area contributed by atoms with Crippen molar-refractivity contribution < 1.29 is 9.11 Å². The van der Waals surface area contributed by atoms with Gasteiger partial charge in [-0.05, 0) is 67.2 Å². The number of anilines is 2. The van der Waals surface area contributed by atoms with Crippen LogP contribution in [0.15, 0.2) is 48.5 Å². The fraction of sp³-hybridized carbons (Fsp3) is 0.333. The highest BCUT2D eigenvalue weighted by Crippen LogP contribution is 2.58. The van der Waals surface area contributed by atoms with Crippen LogP contribution in [0.5, 0.6) is 0 Å². The predicted molar refractivity (Wildman–Crippen MR) is 109 cm³/mol. The fourth-order valence-electron chi connectivity index (χ4n) is 3.04. The van der Waals surface area contributed by atoms with E-state index in [1.807, 2.05) is 56.4 Å². The summed E-state index contributed by atoms with van der Waals surface area (Å²) < 4.78 is 25.6. The highest BCUT2D eigenvalue weighted by Gasteiger charge is 2.37. The minimum absolute atomic E-state index is 0. The first kappa shape index (κ1) is 20.0. The molecule has 1 heterocycles. The standard InChI is InChI=1S/C18H25N3O2S.ClH/c1-15-7-5-9-17(13-15)21-18-10-4-3-8-16(18)14-20(24(21,22)23)12-6-11-19-2;/h3-5,7-10,13,19,22-23H,6,11-12,14H2,1-2H3;1H. The van der Waals surface area contributed by atoms with Gasteiger partial charge in [-0.15, -0.1) is 12.4 Å². The molecule has 3 rings (SSSR count). The van der Waals surface area contributed by atoms with Crippen molar-refractivity contribution in [2.75, 3.05) is 24.4 Å². The molecule has 25 heavy (non-hydrogen) atoms. The van der Waals surface area contributed by atoms with Gasteiger partial charge in [0.05, 0.1) is 11.4 Å². The van der Waals surface area contributed by atoms with E-state index in [1.54, 1.807) is 8.61 Å². The predicted octanol–water partition coefficient (Wildman–Crippen LogP) is 4.56. The van der Waals surface area contributed by atoms with Crippen LogP contribution >= 0.6 is 23.4 Å². The number of hydrogen-bond acceptors (Lipinski definition) is 5. The number of fused-ring (bicyclic) bond motifs is 1. The summed E-state index contributed by atoms with van der Waals surface area (Å²) in [6.07, 6.45) is 0.857. The number of hydrogen-bond donors (Lipinski definition) is 3. The summed E-state index contributed by atoms with van der Waals surface area (Å²) in [7, 11) is -1.18. The summed E-state index contributed by atoms with van der Waals surface area (Å²) in [6, 6.07) is 15.8.